The average molecular weight is 411 g/mol. The maximum Gasteiger partial charge on any atom is 0.120 e. The lowest BCUT2D eigenvalue weighted by Gasteiger charge is -2.35. The fraction of sp³-hybridized carbons (Fsp3) is 0.520. The second-order valence-corrected chi connectivity index (χ2v) is 9.71. The number of hydrogen-bond donors (Lipinski definition) is 0. The zero-order valence-corrected chi connectivity index (χ0v) is 19.0. The predicted octanol–water partition coefficient (Wildman–Crippen LogP) is 5.24. The molecule has 0 radical (unpaired) electrons. The molecule has 4 heteroatoms. The third-order valence-electron chi connectivity index (χ3n) is 6.45. The Labute approximate surface area is 180 Å². The molecule has 29 heavy (non-hydrogen) atoms. The third-order valence-corrected chi connectivity index (χ3v) is 7.20. The summed E-state index contributed by atoms with van der Waals surface area (Å²) in [6, 6.07) is 16.5. The van der Waals surface area contributed by atoms with Crippen molar-refractivity contribution in [3.05, 3.63) is 59.2 Å². The number of likely N-dealkylation sites (N-methyl/N-ethyl adjacent to an activating group) is 1. The number of rotatable bonds is 5. The lowest BCUT2D eigenvalue weighted by Crippen LogP contribution is -2.41. The quantitative estimate of drug-likeness (QED) is 0.626. The molecule has 0 aromatic heterocycles. The van der Waals surface area contributed by atoms with Crippen LogP contribution in [0.3, 0.4) is 0 Å². The number of fused-ring (bicyclic) bond motifs is 1. The van der Waals surface area contributed by atoms with E-state index in [0.29, 0.717) is 18.1 Å². The summed E-state index contributed by atoms with van der Waals surface area (Å²) in [7, 11) is 2.22. The summed E-state index contributed by atoms with van der Waals surface area (Å²) in [5.41, 5.74) is 4.28. The van der Waals surface area contributed by atoms with Gasteiger partial charge in [0.1, 0.15) is 11.9 Å². The second-order valence-electron chi connectivity index (χ2n) is 8.83. The molecule has 3 nitrogen and oxygen atoms in total. The summed E-state index contributed by atoms with van der Waals surface area (Å²) < 4.78 is 6.41. The smallest absolute Gasteiger partial charge is 0.120 e. The van der Waals surface area contributed by atoms with Crippen LogP contribution in [0.15, 0.2) is 47.4 Å². The molecule has 1 fully saturated rings. The fourth-order valence-corrected chi connectivity index (χ4v) is 5.13. The van der Waals surface area contributed by atoms with E-state index in [-0.39, 0.29) is 0 Å². The van der Waals surface area contributed by atoms with Gasteiger partial charge in [-0.25, -0.2) is 0 Å². The summed E-state index contributed by atoms with van der Waals surface area (Å²) in [6.07, 6.45) is 4.73. The molecule has 0 aliphatic carbocycles. The molecule has 0 spiro atoms. The molecule has 0 bridgehead atoms. The van der Waals surface area contributed by atoms with Gasteiger partial charge in [0.2, 0.25) is 0 Å². The number of nitrogens with zero attached hydrogens (tertiary/aromatic N) is 2. The number of hydrogen-bond acceptors (Lipinski definition) is 4. The van der Waals surface area contributed by atoms with Gasteiger partial charge < -0.3 is 14.5 Å². The van der Waals surface area contributed by atoms with Gasteiger partial charge >= 0.3 is 0 Å². The Morgan fingerprint density at radius 3 is 2.41 bits per heavy atom. The first-order chi connectivity index (χ1) is 14.0. The Bertz CT molecular complexity index is 812. The maximum absolute atomic E-state index is 6.41. The van der Waals surface area contributed by atoms with Crippen molar-refractivity contribution in [1.82, 2.24) is 9.80 Å². The van der Waals surface area contributed by atoms with Crippen LogP contribution in [-0.2, 0) is 6.54 Å². The van der Waals surface area contributed by atoms with Crippen LogP contribution in [0.1, 0.15) is 49.3 Å². The van der Waals surface area contributed by atoms with Gasteiger partial charge in [0, 0.05) is 43.0 Å². The number of likely N-dealkylation sites (tertiary alicyclic amines) is 1. The minimum atomic E-state index is 0.347. The van der Waals surface area contributed by atoms with Gasteiger partial charge in [-0.05, 0) is 80.9 Å². The Balaban J connectivity index is 1.49. The van der Waals surface area contributed by atoms with Gasteiger partial charge in [0.25, 0.3) is 0 Å². The molecule has 0 saturated carbocycles. The van der Waals surface area contributed by atoms with Crippen molar-refractivity contribution in [2.45, 2.75) is 56.2 Å². The highest BCUT2D eigenvalue weighted by atomic mass is 32.2. The van der Waals surface area contributed by atoms with E-state index in [1.54, 1.807) is 11.8 Å². The van der Waals surface area contributed by atoms with E-state index in [0.717, 1.165) is 44.8 Å². The molecular weight excluding hydrogens is 376 g/mol. The van der Waals surface area contributed by atoms with Crippen LogP contribution in [0, 0.1) is 0 Å². The van der Waals surface area contributed by atoms with Crippen molar-refractivity contribution in [2.24, 2.45) is 0 Å². The molecule has 2 aromatic rings. The summed E-state index contributed by atoms with van der Waals surface area (Å²) in [5, 5.41) is 0. The first-order valence-electron chi connectivity index (χ1n) is 10.9. The van der Waals surface area contributed by atoms with E-state index >= 15 is 0 Å². The molecular formula is C25H34N2OS. The summed E-state index contributed by atoms with van der Waals surface area (Å²) in [6.45, 7) is 8.92. The van der Waals surface area contributed by atoms with E-state index in [1.807, 2.05) is 0 Å². The number of benzene rings is 2. The highest BCUT2D eigenvalue weighted by Crippen LogP contribution is 2.36. The highest BCUT2D eigenvalue weighted by Gasteiger charge is 2.26. The van der Waals surface area contributed by atoms with E-state index < -0.39 is 0 Å². The molecule has 2 heterocycles. The van der Waals surface area contributed by atoms with Crippen molar-refractivity contribution >= 4 is 11.8 Å². The van der Waals surface area contributed by atoms with Crippen LogP contribution in [0.2, 0.25) is 0 Å². The molecule has 156 valence electrons. The number of ether oxygens (including phenoxy) is 1. The molecule has 1 saturated heterocycles. The molecule has 4 rings (SSSR count). The fourth-order valence-electron chi connectivity index (χ4n) is 4.72. The molecule has 2 aliphatic heterocycles. The maximum atomic E-state index is 6.41. The first kappa shape index (κ1) is 20.8. The van der Waals surface area contributed by atoms with Crippen molar-refractivity contribution in [1.29, 1.82) is 0 Å². The van der Waals surface area contributed by atoms with Gasteiger partial charge in [-0.2, -0.15) is 0 Å². The van der Waals surface area contributed by atoms with E-state index in [2.05, 4.69) is 79.4 Å². The average Bonchev–Trinajstić information content (AvgIpc) is 2.73. The van der Waals surface area contributed by atoms with Gasteiger partial charge in [0.05, 0.1) is 0 Å². The van der Waals surface area contributed by atoms with Gasteiger partial charge in [-0.15, -0.1) is 11.8 Å². The largest absolute Gasteiger partial charge is 0.490 e. The van der Waals surface area contributed by atoms with E-state index in [1.165, 1.54) is 21.6 Å². The van der Waals surface area contributed by atoms with Crippen molar-refractivity contribution in [2.75, 3.05) is 32.9 Å². The van der Waals surface area contributed by atoms with E-state index in [4.69, 9.17) is 4.74 Å². The molecule has 1 unspecified atom stereocenters. The summed E-state index contributed by atoms with van der Waals surface area (Å²) in [5.74, 6) is 1.47. The lowest BCUT2D eigenvalue weighted by molar-refractivity contribution is 0.0841. The number of piperidine rings is 1. The predicted molar refractivity (Wildman–Crippen MR) is 123 cm³/mol. The lowest BCUT2D eigenvalue weighted by atomic mass is 9.85. The van der Waals surface area contributed by atoms with E-state index in [9.17, 15) is 0 Å². The Kier molecular flexibility index (Phi) is 6.53. The summed E-state index contributed by atoms with van der Waals surface area (Å²) in [4.78, 5) is 6.31. The van der Waals surface area contributed by atoms with Gasteiger partial charge in [-0.1, -0.05) is 18.2 Å². The molecule has 0 N–H and O–H groups in total. The zero-order valence-electron chi connectivity index (χ0n) is 18.2. The van der Waals surface area contributed by atoms with Crippen LogP contribution in [0.5, 0.6) is 5.75 Å². The van der Waals surface area contributed by atoms with Crippen LogP contribution >= 0.6 is 11.8 Å². The normalized spacial score (nSPS) is 21.3. The van der Waals surface area contributed by atoms with Crippen LogP contribution < -0.4 is 4.74 Å². The minimum Gasteiger partial charge on any atom is -0.490 e. The molecule has 1 atom stereocenters. The molecule has 2 aromatic carbocycles. The standard InChI is InChI=1S/C25H34N2OS/c1-18(2)27-13-11-21(12-14-27)28-22-7-10-24-20(15-22)16-26(3)17-25(24)19-5-8-23(29-4)9-6-19/h5-10,15,18,21,25H,11-14,16-17H2,1-4H3. The SMILES string of the molecule is CSc1ccc(C2CN(C)Cc3cc(OC4CCN(C(C)C)CC4)ccc32)cc1. The van der Waals surface area contributed by atoms with Gasteiger partial charge in [-0.3, -0.25) is 0 Å². The minimum absolute atomic E-state index is 0.347. The van der Waals surface area contributed by atoms with Crippen LogP contribution in [0.4, 0.5) is 0 Å². The Morgan fingerprint density at radius 1 is 1.03 bits per heavy atom. The molecule has 2 aliphatic rings. The Hall–Kier alpha value is -1.49. The van der Waals surface area contributed by atoms with Crippen molar-refractivity contribution in [3.8, 4) is 5.75 Å². The topological polar surface area (TPSA) is 15.7 Å². The summed E-state index contributed by atoms with van der Waals surface area (Å²) >= 11 is 1.80. The van der Waals surface area contributed by atoms with Crippen molar-refractivity contribution < 1.29 is 4.74 Å². The third kappa shape index (κ3) is 4.82. The zero-order chi connectivity index (χ0) is 20.4. The van der Waals surface area contributed by atoms with Gasteiger partial charge in [0.15, 0.2) is 0 Å². The second kappa shape index (κ2) is 9.11. The number of thioether (sulfide) groups is 1. The van der Waals surface area contributed by atoms with Crippen LogP contribution in [-0.4, -0.2) is 54.9 Å². The first-order valence-corrected chi connectivity index (χ1v) is 12.1. The van der Waals surface area contributed by atoms with Crippen LogP contribution in [0.25, 0.3) is 0 Å². The Morgan fingerprint density at radius 2 is 1.76 bits per heavy atom. The van der Waals surface area contributed by atoms with Crippen molar-refractivity contribution in [3.63, 3.8) is 0 Å². The highest BCUT2D eigenvalue weighted by molar-refractivity contribution is 7.98. The molecule has 0 amide bonds. The monoisotopic (exact) mass is 410 g/mol.